The third kappa shape index (κ3) is 2.82. The Morgan fingerprint density at radius 1 is 1.36 bits per heavy atom. The van der Waals surface area contributed by atoms with Crippen LogP contribution in [0.4, 0.5) is 4.39 Å². The Hall–Kier alpha value is -1.62. The number of hydrogen-bond acceptors (Lipinski definition) is 3. The number of rotatable bonds is 3. The summed E-state index contributed by atoms with van der Waals surface area (Å²) in [5.74, 6) is -0.511. The van der Waals surface area contributed by atoms with Crippen LogP contribution in [0.2, 0.25) is 0 Å². The Labute approximate surface area is 130 Å². The van der Waals surface area contributed by atoms with Gasteiger partial charge in [-0.1, -0.05) is 6.07 Å². The number of likely N-dealkylation sites (tertiary alicyclic amines) is 1. The number of carbonyl (C=O) groups excluding carboxylic acids is 1. The summed E-state index contributed by atoms with van der Waals surface area (Å²) in [6.07, 6.45) is 3.23. The molecule has 1 amide bonds. The molecular weight excluding hydrogens is 283 g/mol. The van der Waals surface area contributed by atoms with E-state index in [9.17, 15) is 9.18 Å². The Bertz CT molecular complexity index is 546. The molecule has 2 saturated heterocycles. The van der Waals surface area contributed by atoms with Crippen molar-refractivity contribution in [3.63, 3.8) is 0 Å². The monoisotopic (exact) mass is 306 g/mol. The van der Waals surface area contributed by atoms with E-state index < -0.39 is 5.82 Å². The fourth-order valence-electron chi connectivity index (χ4n) is 3.55. The lowest BCUT2D eigenvalue weighted by molar-refractivity contribution is 0.0603. The van der Waals surface area contributed by atoms with E-state index in [-0.39, 0.29) is 11.7 Å². The first-order valence-corrected chi connectivity index (χ1v) is 8.06. The maximum absolute atomic E-state index is 13.9. The van der Waals surface area contributed by atoms with Gasteiger partial charge < -0.3 is 15.0 Å². The van der Waals surface area contributed by atoms with E-state index in [2.05, 4.69) is 5.32 Å². The predicted octanol–water partition coefficient (Wildman–Crippen LogP) is 2.44. The topological polar surface area (TPSA) is 41.6 Å². The van der Waals surface area contributed by atoms with Crippen molar-refractivity contribution in [2.24, 2.45) is 5.41 Å². The fraction of sp³-hybridized carbons (Fsp3) is 0.588. The summed E-state index contributed by atoms with van der Waals surface area (Å²) in [5.41, 5.74) is 0.698. The van der Waals surface area contributed by atoms with Crippen LogP contribution in [0, 0.1) is 11.2 Å². The maximum atomic E-state index is 13.9. The SMILES string of the molecule is CCOc1c(F)cccc1C(=O)N1CCC2(CCNC2)CC1. The van der Waals surface area contributed by atoms with Gasteiger partial charge >= 0.3 is 0 Å². The highest BCUT2D eigenvalue weighted by atomic mass is 19.1. The summed E-state index contributed by atoms with van der Waals surface area (Å²) in [4.78, 5) is 14.5. The number of nitrogens with one attached hydrogen (secondary N) is 1. The zero-order chi connectivity index (χ0) is 15.6. The summed E-state index contributed by atoms with van der Waals surface area (Å²) in [6.45, 7) is 5.74. The van der Waals surface area contributed by atoms with Gasteiger partial charge in [0.1, 0.15) is 0 Å². The molecule has 1 spiro atoms. The molecule has 2 aliphatic rings. The van der Waals surface area contributed by atoms with Gasteiger partial charge in [0.25, 0.3) is 5.91 Å². The standard InChI is InChI=1S/C17H23FN2O2/c1-2-22-15-13(4-3-5-14(15)18)16(21)20-10-7-17(8-11-20)6-9-19-12-17/h3-5,19H,2,6-12H2,1H3. The van der Waals surface area contributed by atoms with Crippen LogP contribution in [-0.4, -0.2) is 43.6 Å². The number of piperidine rings is 1. The summed E-state index contributed by atoms with van der Waals surface area (Å²) >= 11 is 0. The Morgan fingerprint density at radius 3 is 2.77 bits per heavy atom. The maximum Gasteiger partial charge on any atom is 0.257 e. The summed E-state index contributed by atoms with van der Waals surface area (Å²) in [6, 6.07) is 4.55. The molecule has 1 aromatic rings. The first-order valence-electron chi connectivity index (χ1n) is 8.06. The Kier molecular flexibility index (Phi) is 4.34. The molecule has 0 saturated carbocycles. The van der Waals surface area contributed by atoms with E-state index in [1.54, 1.807) is 19.1 Å². The fourth-order valence-corrected chi connectivity index (χ4v) is 3.55. The van der Waals surface area contributed by atoms with E-state index in [0.29, 0.717) is 17.6 Å². The second kappa shape index (κ2) is 6.24. The lowest BCUT2D eigenvalue weighted by Crippen LogP contribution is -2.44. The number of ether oxygens (including phenoxy) is 1. The van der Waals surface area contributed by atoms with Crippen molar-refractivity contribution in [3.05, 3.63) is 29.6 Å². The molecule has 2 aliphatic heterocycles. The third-order valence-electron chi connectivity index (χ3n) is 4.93. The molecule has 22 heavy (non-hydrogen) atoms. The van der Waals surface area contributed by atoms with Crippen molar-refractivity contribution < 1.29 is 13.9 Å². The molecule has 0 unspecified atom stereocenters. The highest BCUT2D eigenvalue weighted by Gasteiger charge is 2.38. The normalized spacial score (nSPS) is 20.4. The van der Waals surface area contributed by atoms with Gasteiger partial charge in [-0.2, -0.15) is 0 Å². The van der Waals surface area contributed by atoms with Crippen molar-refractivity contribution in [1.29, 1.82) is 0 Å². The number of amides is 1. The molecule has 2 heterocycles. The van der Waals surface area contributed by atoms with Gasteiger partial charge in [-0.25, -0.2) is 4.39 Å². The predicted molar refractivity (Wildman–Crippen MR) is 82.6 cm³/mol. The molecule has 0 radical (unpaired) electrons. The van der Waals surface area contributed by atoms with Crippen molar-refractivity contribution in [3.8, 4) is 5.75 Å². The molecule has 0 aliphatic carbocycles. The molecular formula is C17H23FN2O2. The number of carbonyl (C=O) groups is 1. The molecule has 5 heteroatoms. The molecule has 0 aromatic heterocycles. The average molecular weight is 306 g/mol. The molecule has 4 nitrogen and oxygen atoms in total. The molecule has 120 valence electrons. The number of hydrogen-bond donors (Lipinski definition) is 1. The number of halogens is 1. The zero-order valence-corrected chi connectivity index (χ0v) is 13.0. The minimum Gasteiger partial charge on any atom is -0.490 e. The van der Waals surface area contributed by atoms with Gasteiger partial charge in [-0.15, -0.1) is 0 Å². The lowest BCUT2D eigenvalue weighted by Gasteiger charge is -2.39. The summed E-state index contributed by atoms with van der Waals surface area (Å²) in [7, 11) is 0. The minimum atomic E-state index is -0.471. The lowest BCUT2D eigenvalue weighted by atomic mass is 9.78. The third-order valence-corrected chi connectivity index (χ3v) is 4.93. The highest BCUT2D eigenvalue weighted by Crippen LogP contribution is 2.37. The zero-order valence-electron chi connectivity index (χ0n) is 13.0. The van der Waals surface area contributed by atoms with Crippen molar-refractivity contribution in [2.45, 2.75) is 26.2 Å². The second-order valence-electron chi connectivity index (χ2n) is 6.27. The minimum absolute atomic E-state index is 0.0813. The quantitative estimate of drug-likeness (QED) is 0.932. The van der Waals surface area contributed by atoms with Gasteiger partial charge in [-0.3, -0.25) is 4.79 Å². The molecule has 0 bridgehead atoms. The molecule has 0 atom stereocenters. The highest BCUT2D eigenvalue weighted by molar-refractivity contribution is 5.97. The Morgan fingerprint density at radius 2 is 2.14 bits per heavy atom. The van der Waals surface area contributed by atoms with Gasteiger partial charge in [0, 0.05) is 19.6 Å². The van der Waals surface area contributed by atoms with E-state index in [4.69, 9.17) is 4.74 Å². The first-order chi connectivity index (χ1) is 10.7. The Balaban J connectivity index is 1.74. The van der Waals surface area contributed by atoms with Crippen LogP contribution in [-0.2, 0) is 0 Å². The van der Waals surface area contributed by atoms with E-state index in [1.807, 2.05) is 4.90 Å². The van der Waals surface area contributed by atoms with E-state index >= 15 is 0 Å². The largest absolute Gasteiger partial charge is 0.490 e. The van der Waals surface area contributed by atoms with Crippen LogP contribution in [0.25, 0.3) is 0 Å². The van der Waals surface area contributed by atoms with E-state index in [1.165, 1.54) is 12.5 Å². The molecule has 1 aromatic carbocycles. The summed E-state index contributed by atoms with van der Waals surface area (Å²) in [5, 5.41) is 3.42. The molecule has 2 fully saturated rings. The van der Waals surface area contributed by atoms with Crippen LogP contribution in [0.5, 0.6) is 5.75 Å². The van der Waals surface area contributed by atoms with Gasteiger partial charge in [0.15, 0.2) is 11.6 Å². The van der Waals surface area contributed by atoms with Crippen LogP contribution >= 0.6 is 0 Å². The van der Waals surface area contributed by atoms with Crippen LogP contribution in [0.3, 0.4) is 0 Å². The van der Waals surface area contributed by atoms with Gasteiger partial charge in [-0.05, 0) is 50.3 Å². The van der Waals surface area contributed by atoms with Crippen LogP contribution in [0.1, 0.15) is 36.5 Å². The van der Waals surface area contributed by atoms with Crippen molar-refractivity contribution in [2.75, 3.05) is 32.8 Å². The van der Waals surface area contributed by atoms with Gasteiger partial charge in [0.2, 0.25) is 0 Å². The van der Waals surface area contributed by atoms with Crippen LogP contribution in [0.15, 0.2) is 18.2 Å². The van der Waals surface area contributed by atoms with Crippen molar-refractivity contribution in [1.82, 2.24) is 10.2 Å². The van der Waals surface area contributed by atoms with Crippen LogP contribution < -0.4 is 10.1 Å². The average Bonchev–Trinajstić information content (AvgIpc) is 2.98. The van der Waals surface area contributed by atoms with Gasteiger partial charge in [0.05, 0.1) is 12.2 Å². The number of benzene rings is 1. The van der Waals surface area contributed by atoms with Crippen molar-refractivity contribution >= 4 is 5.91 Å². The molecule has 3 rings (SSSR count). The summed E-state index contributed by atoms with van der Waals surface area (Å²) < 4.78 is 19.2. The molecule has 1 N–H and O–H groups in total. The smallest absolute Gasteiger partial charge is 0.257 e. The first kappa shape index (κ1) is 15.3. The second-order valence-corrected chi connectivity index (χ2v) is 6.27. The number of nitrogens with zero attached hydrogens (tertiary/aromatic N) is 1. The number of para-hydroxylation sites is 1. The van der Waals surface area contributed by atoms with E-state index in [0.717, 1.165) is 39.0 Å².